The first-order valence-corrected chi connectivity index (χ1v) is 11.1. The summed E-state index contributed by atoms with van der Waals surface area (Å²) in [6.07, 6.45) is 3.57. The van der Waals surface area contributed by atoms with Gasteiger partial charge < -0.3 is 10.1 Å². The summed E-state index contributed by atoms with van der Waals surface area (Å²) in [5.41, 5.74) is 3.43. The Kier molecular flexibility index (Phi) is 5.85. The average molecular weight is 448 g/mol. The minimum Gasteiger partial charge on any atom is -0.435 e. The molecule has 1 aromatic carbocycles. The smallest absolute Gasteiger partial charge is 0.387 e. The van der Waals surface area contributed by atoms with Crippen LogP contribution in [-0.4, -0.2) is 32.7 Å². The molecule has 8 heteroatoms. The highest BCUT2D eigenvalue weighted by molar-refractivity contribution is 7.80. The number of alkyl halides is 2. The lowest BCUT2D eigenvalue weighted by Crippen LogP contribution is -2.56. The standard InChI is InChI=1S/C23H27F2N3O2S/c1-13(2)28-19-10-15(21(29)26-23(3)11-17(31)12-23)7-8-18(19)20(27-28)14-5-4-6-16(9-14)30-22(24)25/h4-6,9,13,15,22H,7-8,10-12H2,1-3H3,(H,26,29). The number of carbonyl (C=O) groups is 1. The molecule has 0 aliphatic heterocycles. The molecule has 1 atom stereocenters. The van der Waals surface area contributed by atoms with Crippen LogP contribution < -0.4 is 10.1 Å². The molecule has 0 radical (unpaired) electrons. The van der Waals surface area contributed by atoms with E-state index in [1.165, 1.54) is 6.07 Å². The molecule has 0 bridgehead atoms. The topological polar surface area (TPSA) is 56.2 Å². The van der Waals surface area contributed by atoms with Crippen molar-refractivity contribution in [1.29, 1.82) is 0 Å². The van der Waals surface area contributed by atoms with Crippen molar-refractivity contribution >= 4 is 23.0 Å². The fraction of sp³-hybridized carbons (Fsp3) is 0.522. The highest BCUT2D eigenvalue weighted by atomic mass is 32.1. The van der Waals surface area contributed by atoms with E-state index < -0.39 is 6.61 Å². The summed E-state index contributed by atoms with van der Waals surface area (Å²) in [5, 5.41) is 8.01. The van der Waals surface area contributed by atoms with Gasteiger partial charge in [-0.05, 0) is 50.6 Å². The summed E-state index contributed by atoms with van der Waals surface area (Å²) in [7, 11) is 0. The molecule has 1 aromatic heterocycles. The van der Waals surface area contributed by atoms with E-state index in [-0.39, 0.29) is 29.2 Å². The molecule has 2 aromatic rings. The number of hydrogen-bond donors (Lipinski definition) is 1. The van der Waals surface area contributed by atoms with E-state index in [4.69, 9.17) is 17.3 Å². The molecule has 166 valence electrons. The number of halogens is 2. The SMILES string of the molecule is CC(C)n1nc(-c2cccc(OC(F)F)c2)c2c1CC(C(=O)NC1(C)CC(=S)C1)CC2. The van der Waals surface area contributed by atoms with Gasteiger partial charge in [0.25, 0.3) is 0 Å². The van der Waals surface area contributed by atoms with Gasteiger partial charge in [0.2, 0.25) is 5.91 Å². The normalized spacial score (nSPS) is 19.8. The van der Waals surface area contributed by atoms with Crippen LogP contribution in [0.15, 0.2) is 24.3 Å². The van der Waals surface area contributed by atoms with Crippen molar-refractivity contribution in [2.24, 2.45) is 5.92 Å². The van der Waals surface area contributed by atoms with Gasteiger partial charge in [-0.25, -0.2) is 0 Å². The second-order valence-electron chi connectivity index (χ2n) is 9.10. The van der Waals surface area contributed by atoms with E-state index in [0.29, 0.717) is 12.8 Å². The number of fused-ring (bicyclic) bond motifs is 1. The van der Waals surface area contributed by atoms with E-state index in [0.717, 1.165) is 46.6 Å². The van der Waals surface area contributed by atoms with Crippen LogP contribution in [0.3, 0.4) is 0 Å². The van der Waals surface area contributed by atoms with Crippen molar-refractivity contribution in [3.63, 3.8) is 0 Å². The lowest BCUT2D eigenvalue weighted by atomic mass is 9.77. The lowest BCUT2D eigenvalue weighted by molar-refractivity contribution is -0.127. The van der Waals surface area contributed by atoms with Gasteiger partial charge in [0.15, 0.2) is 0 Å². The average Bonchev–Trinajstić information content (AvgIpc) is 3.05. The first kappa shape index (κ1) is 21.9. The Labute approximate surface area is 186 Å². The van der Waals surface area contributed by atoms with Crippen molar-refractivity contribution < 1.29 is 18.3 Å². The maximum absolute atomic E-state index is 13.0. The van der Waals surface area contributed by atoms with E-state index in [2.05, 4.69) is 10.1 Å². The lowest BCUT2D eigenvalue weighted by Gasteiger charge is -2.41. The molecule has 1 amide bonds. The maximum Gasteiger partial charge on any atom is 0.387 e. The molecule has 2 aliphatic rings. The highest BCUT2D eigenvalue weighted by Crippen LogP contribution is 2.37. The molecule has 1 unspecified atom stereocenters. The molecular formula is C23H27F2N3O2S. The van der Waals surface area contributed by atoms with Crippen molar-refractivity contribution in [2.75, 3.05) is 0 Å². The monoisotopic (exact) mass is 447 g/mol. The van der Waals surface area contributed by atoms with Gasteiger partial charge in [0.05, 0.1) is 5.69 Å². The Morgan fingerprint density at radius 1 is 1.35 bits per heavy atom. The maximum atomic E-state index is 13.0. The zero-order valence-electron chi connectivity index (χ0n) is 18.0. The summed E-state index contributed by atoms with van der Waals surface area (Å²) in [6.45, 7) is 3.27. The Hall–Kier alpha value is -2.35. The van der Waals surface area contributed by atoms with Gasteiger partial charge in [-0.2, -0.15) is 13.9 Å². The molecule has 5 nitrogen and oxygen atoms in total. The molecular weight excluding hydrogens is 420 g/mol. The predicted molar refractivity (Wildman–Crippen MR) is 119 cm³/mol. The molecule has 4 rings (SSSR count). The molecule has 0 saturated heterocycles. The number of ether oxygens (including phenoxy) is 1. The van der Waals surface area contributed by atoms with Crippen molar-refractivity contribution in [3.05, 3.63) is 35.5 Å². The fourth-order valence-electron chi connectivity index (χ4n) is 4.65. The zero-order valence-corrected chi connectivity index (χ0v) is 18.8. The second-order valence-corrected chi connectivity index (χ2v) is 9.68. The molecule has 1 fully saturated rings. The van der Waals surface area contributed by atoms with Crippen LogP contribution in [0.25, 0.3) is 11.3 Å². The Balaban J connectivity index is 1.60. The van der Waals surface area contributed by atoms with Gasteiger partial charge in [0.1, 0.15) is 5.75 Å². The summed E-state index contributed by atoms with van der Waals surface area (Å²) in [6, 6.07) is 6.76. The highest BCUT2D eigenvalue weighted by Gasteiger charge is 2.40. The van der Waals surface area contributed by atoms with E-state index in [1.807, 2.05) is 31.5 Å². The molecule has 1 saturated carbocycles. The molecule has 1 N–H and O–H groups in total. The minimum absolute atomic E-state index is 0.0704. The van der Waals surface area contributed by atoms with Crippen LogP contribution in [0.1, 0.15) is 57.3 Å². The van der Waals surface area contributed by atoms with Crippen LogP contribution in [0.4, 0.5) is 8.78 Å². The fourth-order valence-corrected chi connectivity index (χ4v) is 5.28. The Morgan fingerprint density at radius 2 is 2.10 bits per heavy atom. The summed E-state index contributed by atoms with van der Waals surface area (Å²) < 4.78 is 31.8. The summed E-state index contributed by atoms with van der Waals surface area (Å²) >= 11 is 5.21. The number of aromatic nitrogens is 2. The van der Waals surface area contributed by atoms with Crippen molar-refractivity contribution in [3.8, 4) is 17.0 Å². The van der Waals surface area contributed by atoms with E-state index >= 15 is 0 Å². The summed E-state index contributed by atoms with van der Waals surface area (Å²) in [4.78, 5) is 14.0. The van der Waals surface area contributed by atoms with Gasteiger partial charge in [-0.15, -0.1) is 0 Å². The molecule has 1 heterocycles. The number of hydrogen-bond acceptors (Lipinski definition) is 4. The number of thiocarbonyl (C=S) groups is 1. The first-order valence-electron chi connectivity index (χ1n) is 10.6. The van der Waals surface area contributed by atoms with Crippen LogP contribution in [0, 0.1) is 5.92 Å². The first-order chi connectivity index (χ1) is 14.6. The molecule has 2 aliphatic carbocycles. The summed E-state index contributed by atoms with van der Waals surface area (Å²) in [5.74, 6) is 0.0650. The molecule has 0 spiro atoms. The largest absolute Gasteiger partial charge is 0.435 e. The Morgan fingerprint density at radius 3 is 2.74 bits per heavy atom. The van der Waals surface area contributed by atoms with Crippen LogP contribution >= 0.6 is 12.2 Å². The van der Waals surface area contributed by atoms with Gasteiger partial charge in [-0.3, -0.25) is 9.48 Å². The number of amides is 1. The van der Waals surface area contributed by atoms with E-state index in [9.17, 15) is 13.6 Å². The van der Waals surface area contributed by atoms with Crippen LogP contribution in [0.2, 0.25) is 0 Å². The zero-order chi connectivity index (χ0) is 22.3. The molecule has 31 heavy (non-hydrogen) atoms. The number of nitrogens with one attached hydrogen (secondary N) is 1. The third-order valence-electron chi connectivity index (χ3n) is 6.09. The third-order valence-corrected chi connectivity index (χ3v) is 6.38. The predicted octanol–water partition coefficient (Wildman–Crippen LogP) is 4.88. The van der Waals surface area contributed by atoms with Crippen molar-refractivity contribution in [2.45, 2.75) is 71.1 Å². The quantitative estimate of drug-likeness (QED) is 0.642. The number of carbonyl (C=O) groups excluding carboxylic acids is 1. The number of nitrogens with zero attached hydrogens (tertiary/aromatic N) is 2. The van der Waals surface area contributed by atoms with Crippen molar-refractivity contribution in [1.82, 2.24) is 15.1 Å². The number of benzene rings is 1. The van der Waals surface area contributed by atoms with Gasteiger partial charge in [-0.1, -0.05) is 24.4 Å². The van der Waals surface area contributed by atoms with Crippen LogP contribution in [0.5, 0.6) is 5.75 Å². The van der Waals surface area contributed by atoms with Crippen LogP contribution in [-0.2, 0) is 17.6 Å². The minimum atomic E-state index is -2.87. The van der Waals surface area contributed by atoms with Gasteiger partial charge in [0, 0.05) is 53.6 Å². The Bertz CT molecular complexity index is 1010. The third kappa shape index (κ3) is 4.49. The second kappa shape index (κ2) is 8.30. The van der Waals surface area contributed by atoms with E-state index in [1.54, 1.807) is 12.1 Å². The number of rotatable bonds is 6. The van der Waals surface area contributed by atoms with Gasteiger partial charge >= 0.3 is 6.61 Å².